The average Bonchev–Trinajstić information content (AvgIpc) is 2.22. The molecule has 0 saturated carbocycles. The van der Waals surface area contributed by atoms with Gasteiger partial charge >= 0.3 is 0 Å². The van der Waals surface area contributed by atoms with E-state index in [1.54, 1.807) is 14.0 Å². The number of amides is 1. The molecular formula is C11H21NO3. The largest absolute Gasteiger partial charge is 0.381 e. The zero-order chi connectivity index (χ0) is 11.8. The third-order valence-corrected chi connectivity index (χ3v) is 2.45. The molecule has 0 spiro atoms. The number of nitrogens with one attached hydrogen (secondary N) is 1. The highest BCUT2D eigenvalue weighted by Crippen LogP contribution is 2.03. The first-order chi connectivity index (χ1) is 6.99. The summed E-state index contributed by atoms with van der Waals surface area (Å²) in [6.45, 7) is 6.21. The smallest absolute Gasteiger partial charge is 0.222 e. The van der Waals surface area contributed by atoms with Gasteiger partial charge in [0.15, 0.2) is 0 Å². The second-order valence-corrected chi connectivity index (χ2v) is 3.89. The summed E-state index contributed by atoms with van der Waals surface area (Å²) >= 11 is 0. The molecule has 4 nitrogen and oxygen atoms in total. The Balaban J connectivity index is 3.54. The number of ketones is 1. The number of hydrogen-bond acceptors (Lipinski definition) is 3. The van der Waals surface area contributed by atoms with Crippen molar-refractivity contribution in [2.24, 2.45) is 11.8 Å². The summed E-state index contributed by atoms with van der Waals surface area (Å²) in [6.07, 6.45) is 0.685. The Kier molecular flexibility index (Phi) is 6.96. The molecule has 1 amide bonds. The minimum Gasteiger partial charge on any atom is -0.381 e. The summed E-state index contributed by atoms with van der Waals surface area (Å²) in [4.78, 5) is 22.0. The van der Waals surface area contributed by atoms with Gasteiger partial charge in [0.1, 0.15) is 5.78 Å². The Hall–Kier alpha value is -0.900. The van der Waals surface area contributed by atoms with E-state index in [2.05, 4.69) is 5.32 Å². The van der Waals surface area contributed by atoms with Crippen LogP contribution in [-0.2, 0) is 14.3 Å². The van der Waals surface area contributed by atoms with Crippen LogP contribution in [0.2, 0.25) is 0 Å². The number of ether oxygens (including phenoxy) is 1. The van der Waals surface area contributed by atoms with Gasteiger partial charge in [0.25, 0.3) is 0 Å². The lowest BCUT2D eigenvalue weighted by atomic mass is 10.1. The predicted octanol–water partition coefficient (Wildman–Crippen LogP) is 1.00. The molecule has 2 atom stereocenters. The first kappa shape index (κ1) is 14.1. The van der Waals surface area contributed by atoms with Gasteiger partial charge in [0, 0.05) is 25.5 Å². The fourth-order valence-electron chi connectivity index (χ4n) is 1.02. The molecule has 0 radical (unpaired) electrons. The summed E-state index contributed by atoms with van der Waals surface area (Å²) in [5.74, 6) is 0.0653. The van der Waals surface area contributed by atoms with E-state index in [-0.39, 0.29) is 23.5 Å². The summed E-state index contributed by atoms with van der Waals surface area (Å²) in [6, 6.07) is 0. The van der Waals surface area contributed by atoms with Crippen LogP contribution in [-0.4, -0.2) is 32.0 Å². The van der Waals surface area contributed by atoms with E-state index >= 15 is 0 Å². The van der Waals surface area contributed by atoms with Crippen LogP contribution in [0, 0.1) is 11.8 Å². The van der Waals surface area contributed by atoms with E-state index in [4.69, 9.17) is 4.74 Å². The van der Waals surface area contributed by atoms with E-state index in [9.17, 15) is 9.59 Å². The van der Waals surface area contributed by atoms with Crippen molar-refractivity contribution in [1.82, 2.24) is 5.32 Å². The number of carbonyl (C=O) groups is 2. The molecular weight excluding hydrogens is 194 g/mol. The Bertz CT molecular complexity index is 216. The van der Waals surface area contributed by atoms with E-state index in [0.717, 1.165) is 0 Å². The van der Waals surface area contributed by atoms with Crippen molar-refractivity contribution in [3.63, 3.8) is 0 Å². The normalized spacial score (nSPS) is 14.4. The molecule has 2 unspecified atom stereocenters. The number of hydrogen-bond donors (Lipinski definition) is 1. The molecule has 0 aromatic heterocycles. The van der Waals surface area contributed by atoms with E-state index in [1.165, 1.54) is 0 Å². The van der Waals surface area contributed by atoms with E-state index in [0.29, 0.717) is 19.6 Å². The second-order valence-electron chi connectivity index (χ2n) is 3.89. The Morgan fingerprint density at radius 2 is 1.87 bits per heavy atom. The third-order valence-electron chi connectivity index (χ3n) is 2.45. The van der Waals surface area contributed by atoms with Crippen molar-refractivity contribution in [2.75, 3.05) is 20.3 Å². The van der Waals surface area contributed by atoms with Crippen molar-refractivity contribution in [2.45, 2.75) is 27.2 Å². The van der Waals surface area contributed by atoms with Gasteiger partial charge in [-0.15, -0.1) is 0 Å². The molecule has 88 valence electrons. The maximum atomic E-state index is 11.1. The molecule has 0 bridgehead atoms. The molecule has 0 aliphatic heterocycles. The summed E-state index contributed by atoms with van der Waals surface area (Å²) in [7, 11) is 1.62. The maximum absolute atomic E-state index is 11.1. The average molecular weight is 215 g/mol. The summed E-state index contributed by atoms with van der Waals surface area (Å²) < 4.78 is 5.32. The second kappa shape index (κ2) is 7.40. The summed E-state index contributed by atoms with van der Waals surface area (Å²) in [5.41, 5.74) is 0. The van der Waals surface area contributed by atoms with Crippen LogP contribution in [0.5, 0.6) is 0 Å². The fraction of sp³-hybridized carbons (Fsp3) is 0.818. The van der Waals surface area contributed by atoms with Crippen LogP contribution >= 0.6 is 0 Å². The van der Waals surface area contributed by atoms with Gasteiger partial charge < -0.3 is 10.1 Å². The molecule has 0 saturated heterocycles. The Morgan fingerprint density at radius 1 is 1.27 bits per heavy atom. The van der Waals surface area contributed by atoms with E-state index in [1.807, 2.05) is 13.8 Å². The van der Waals surface area contributed by atoms with Crippen molar-refractivity contribution < 1.29 is 14.3 Å². The van der Waals surface area contributed by atoms with Gasteiger partial charge in [0.05, 0.1) is 6.61 Å². The molecule has 0 heterocycles. The zero-order valence-corrected chi connectivity index (χ0v) is 10.0. The van der Waals surface area contributed by atoms with Gasteiger partial charge in [-0.05, 0) is 13.3 Å². The number of rotatable bonds is 7. The van der Waals surface area contributed by atoms with Crippen LogP contribution in [0.4, 0.5) is 0 Å². The minimum atomic E-state index is -0.0553. The van der Waals surface area contributed by atoms with Crippen LogP contribution in [0.15, 0.2) is 0 Å². The molecule has 0 rings (SSSR count). The molecule has 0 aromatic rings. The van der Waals surface area contributed by atoms with Gasteiger partial charge in [0.2, 0.25) is 5.91 Å². The SMILES string of the molecule is CNC(=O)C(C)CCOCC(C)C(C)=O. The standard InChI is InChI=1S/C11H21NO3/c1-8(11(14)12-4)5-6-15-7-9(2)10(3)13/h8-9H,5-7H2,1-4H3,(H,12,14). The third kappa shape index (κ3) is 6.23. The van der Waals surface area contributed by atoms with Crippen LogP contribution in [0.25, 0.3) is 0 Å². The summed E-state index contributed by atoms with van der Waals surface area (Å²) in [5, 5.41) is 2.58. The highest BCUT2D eigenvalue weighted by Gasteiger charge is 2.11. The quantitative estimate of drug-likeness (QED) is 0.645. The van der Waals surface area contributed by atoms with Crippen molar-refractivity contribution in [3.05, 3.63) is 0 Å². The maximum Gasteiger partial charge on any atom is 0.222 e. The highest BCUT2D eigenvalue weighted by atomic mass is 16.5. The van der Waals surface area contributed by atoms with Crippen LogP contribution < -0.4 is 5.32 Å². The van der Waals surface area contributed by atoms with Crippen molar-refractivity contribution in [3.8, 4) is 0 Å². The van der Waals surface area contributed by atoms with E-state index < -0.39 is 0 Å². The molecule has 0 aliphatic rings. The zero-order valence-electron chi connectivity index (χ0n) is 10.0. The van der Waals surface area contributed by atoms with Gasteiger partial charge in [-0.25, -0.2) is 0 Å². The Morgan fingerprint density at radius 3 is 2.33 bits per heavy atom. The van der Waals surface area contributed by atoms with Crippen molar-refractivity contribution in [1.29, 1.82) is 0 Å². The lowest BCUT2D eigenvalue weighted by Gasteiger charge is -2.11. The molecule has 0 fully saturated rings. The predicted molar refractivity (Wildman–Crippen MR) is 58.5 cm³/mol. The van der Waals surface area contributed by atoms with Crippen molar-refractivity contribution >= 4 is 11.7 Å². The number of Topliss-reactive ketones (excluding diaryl/α,β-unsaturated/α-hetero) is 1. The fourth-order valence-corrected chi connectivity index (χ4v) is 1.02. The first-order valence-electron chi connectivity index (χ1n) is 5.28. The topological polar surface area (TPSA) is 55.4 Å². The molecule has 4 heteroatoms. The van der Waals surface area contributed by atoms with Crippen LogP contribution in [0.1, 0.15) is 27.2 Å². The molecule has 15 heavy (non-hydrogen) atoms. The lowest BCUT2D eigenvalue weighted by molar-refractivity contribution is -0.125. The molecule has 0 aromatic carbocycles. The van der Waals surface area contributed by atoms with Crippen LogP contribution in [0.3, 0.4) is 0 Å². The number of carbonyl (C=O) groups excluding carboxylic acids is 2. The molecule has 1 N–H and O–H groups in total. The first-order valence-corrected chi connectivity index (χ1v) is 5.28. The van der Waals surface area contributed by atoms with Gasteiger partial charge in [-0.3, -0.25) is 9.59 Å². The minimum absolute atomic E-state index is 0.0261. The lowest BCUT2D eigenvalue weighted by Crippen LogP contribution is -2.26. The Labute approximate surface area is 91.4 Å². The highest BCUT2D eigenvalue weighted by molar-refractivity contribution is 5.78. The monoisotopic (exact) mass is 215 g/mol. The van der Waals surface area contributed by atoms with Gasteiger partial charge in [-0.2, -0.15) is 0 Å². The van der Waals surface area contributed by atoms with Gasteiger partial charge in [-0.1, -0.05) is 13.8 Å². The molecule has 0 aliphatic carbocycles.